The first-order chi connectivity index (χ1) is 17.6. The third kappa shape index (κ3) is 9.45. The molecule has 0 spiro atoms. The van der Waals surface area contributed by atoms with E-state index >= 15 is 0 Å². The molecule has 8 nitrogen and oxygen atoms in total. The zero-order valence-electron chi connectivity index (χ0n) is 19.8. The van der Waals surface area contributed by atoms with Crippen LogP contribution in [0, 0.1) is 0 Å². The second kappa shape index (κ2) is 13.5. The van der Waals surface area contributed by atoms with Gasteiger partial charge in [-0.1, -0.05) is 35.9 Å². The van der Waals surface area contributed by atoms with Gasteiger partial charge in [0.25, 0.3) is 5.91 Å². The van der Waals surface area contributed by atoms with Gasteiger partial charge in [-0.15, -0.1) is 0 Å². The van der Waals surface area contributed by atoms with Crippen LogP contribution in [-0.2, 0) is 4.74 Å². The number of nitrogens with two attached hydrogens (primary N) is 1. The van der Waals surface area contributed by atoms with E-state index in [9.17, 15) is 22.8 Å². The number of ether oxygens (including phenoxy) is 1. The Kier molecular flexibility index (Phi) is 10.5. The normalized spacial score (nSPS) is 17.4. The molecule has 1 aromatic rings. The summed E-state index contributed by atoms with van der Waals surface area (Å²) in [6.07, 6.45) is 4.26. The van der Waals surface area contributed by atoms with Gasteiger partial charge in [0.2, 0.25) is 0 Å². The number of hydrogen-bond donors (Lipinski definition) is 3. The topological polar surface area (TPSA) is 109 Å². The molecule has 2 amide bonds. The molecule has 0 aromatic heterocycles. The Morgan fingerprint density at radius 3 is 2.68 bits per heavy atom. The summed E-state index contributed by atoms with van der Waals surface area (Å²) < 4.78 is 44.4. The molecular formula is C24H27ClF3N5O3S. The number of benzene rings is 1. The van der Waals surface area contributed by atoms with Gasteiger partial charge >= 0.3 is 12.3 Å². The van der Waals surface area contributed by atoms with E-state index in [1.165, 1.54) is 12.1 Å². The molecule has 0 atom stereocenters. The van der Waals surface area contributed by atoms with Crippen molar-refractivity contribution in [3.05, 3.63) is 70.4 Å². The van der Waals surface area contributed by atoms with Crippen molar-refractivity contribution in [2.24, 2.45) is 10.7 Å². The zero-order chi connectivity index (χ0) is 26.8. The van der Waals surface area contributed by atoms with Gasteiger partial charge in [-0.3, -0.25) is 15.2 Å². The Morgan fingerprint density at radius 1 is 1.27 bits per heavy atom. The van der Waals surface area contributed by atoms with E-state index in [0.29, 0.717) is 49.0 Å². The molecule has 0 bridgehead atoms. The first-order valence-corrected chi connectivity index (χ1v) is 12.7. The molecule has 1 fully saturated rings. The van der Waals surface area contributed by atoms with Gasteiger partial charge in [0.15, 0.2) is 0 Å². The molecule has 1 aliphatic heterocycles. The van der Waals surface area contributed by atoms with E-state index in [1.807, 2.05) is 18.2 Å². The SMILES string of the molecule is NC(=CC(=NC1CCN(C(=O)OCC2=CCCC=C2)CC1)SNNC(=O)c1cccc(Cl)c1)C(F)(F)F. The molecule has 13 heteroatoms. The lowest BCUT2D eigenvalue weighted by atomic mass is 10.1. The van der Waals surface area contributed by atoms with Crippen molar-refractivity contribution < 1.29 is 27.5 Å². The molecule has 2 aliphatic rings. The summed E-state index contributed by atoms with van der Waals surface area (Å²) in [4.78, 5) is 33.0. The lowest BCUT2D eigenvalue weighted by molar-refractivity contribution is -0.0925. The summed E-state index contributed by atoms with van der Waals surface area (Å²) in [5.74, 6) is -0.534. The summed E-state index contributed by atoms with van der Waals surface area (Å²) >= 11 is 6.55. The third-order valence-electron chi connectivity index (χ3n) is 5.48. The van der Waals surface area contributed by atoms with Gasteiger partial charge in [-0.05, 0) is 67.5 Å². The highest BCUT2D eigenvalue weighted by molar-refractivity contribution is 8.12. The van der Waals surface area contributed by atoms with Crippen LogP contribution in [0.5, 0.6) is 0 Å². The molecule has 0 unspecified atom stereocenters. The van der Waals surface area contributed by atoms with Crippen molar-refractivity contribution in [3.63, 3.8) is 0 Å². The van der Waals surface area contributed by atoms with Crippen molar-refractivity contribution in [2.75, 3.05) is 19.7 Å². The number of carbonyl (C=O) groups excluding carboxylic acids is 2. The molecule has 0 saturated carbocycles. The number of rotatable bonds is 7. The molecule has 0 radical (unpaired) electrons. The largest absolute Gasteiger partial charge is 0.445 e. The number of hydrazine groups is 1. The van der Waals surface area contributed by atoms with E-state index in [-0.39, 0.29) is 23.3 Å². The maximum atomic E-state index is 13.0. The van der Waals surface area contributed by atoms with Crippen molar-refractivity contribution in [3.8, 4) is 0 Å². The lowest BCUT2D eigenvalue weighted by Crippen LogP contribution is -2.40. The fourth-order valence-electron chi connectivity index (χ4n) is 3.50. The minimum absolute atomic E-state index is 0.0710. The fraction of sp³-hybridized carbons (Fsp3) is 0.375. The Morgan fingerprint density at radius 2 is 2.03 bits per heavy atom. The molecule has 1 saturated heterocycles. The van der Waals surface area contributed by atoms with E-state index < -0.39 is 23.9 Å². The highest BCUT2D eigenvalue weighted by Crippen LogP contribution is 2.23. The number of nitrogens with zero attached hydrogens (tertiary/aromatic N) is 2. The number of alkyl halides is 3. The summed E-state index contributed by atoms with van der Waals surface area (Å²) in [6.45, 7) is 0.886. The second-order valence-electron chi connectivity index (χ2n) is 8.26. The highest BCUT2D eigenvalue weighted by Gasteiger charge is 2.32. The van der Waals surface area contributed by atoms with Crippen LogP contribution in [0.3, 0.4) is 0 Å². The van der Waals surface area contributed by atoms with Crippen molar-refractivity contribution in [2.45, 2.75) is 37.9 Å². The number of carbonyl (C=O) groups is 2. The number of nitrogens with one attached hydrogen (secondary N) is 2. The summed E-state index contributed by atoms with van der Waals surface area (Å²) in [5.41, 5.74) is 7.45. The van der Waals surface area contributed by atoms with Crippen LogP contribution < -0.4 is 16.0 Å². The van der Waals surface area contributed by atoms with Crippen molar-refractivity contribution >= 4 is 40.6 Å². The standard InChI is InChI=1S/C24H27ClF3N5O3S/c25-18-8-4-7-17(13-18)22(34)31-32-37-21(14-20(29)24(26,27)28)30-19-9-11-33(12-10-19)23(35)36-15-16-5-2-1-3-6-16/h2,4-8,13-14,19,32H,1,3,9-12,15,29H2,(H,31,34). The van der Waals surface area contributed by atoms with Gasteiger partial charge < -0.3 is 15.4 Å². The number of halogens is 4. The molecule has 4 N–H and O–H groups in total. The van der Waals surface area contributed by atoms with Crippen LogP contribution in [0.25, 0.3) is 0 Å². The molecule has 37 heavy (non-hydrogen) atoms. The smallest absolute Gasteiger partial charge is 0.430 e. The lowest BCUT2D eigenvalue weighted by Gasteiger charge is -2.30. The summed E-state index contributed by atoms with van der Waals surface area (Å²) in [7, 11) is 0. The van der Waals surface area contributed by atoms with E-state index in [1.54, 1.807) is 17.0 Å². The minimum atomic E-state index is -4.73. The predicted molar refractivity (Wildman–Crippen MR) is 138 cm³/mol. The Balaban J connectivity index is 1.56. The third-order valence-corrected chi connectivity index (χ3v) is 6.35. The Hall–Kier alpha value is -2.96. The van der Waals surface area contributed by atoms with Gasteiger partial charge in [-0.2, -0.15) is 18.0 Å². The maximum absolute atomic E-state index is 13.0. The zero-order valence-corrected chi connectivity index (χ0v) is 21.3. The molecule has 200 valence electrons. The minimum Gasteiger partial charge on any atom is -0.445 e. The van der Waals surface area contributed by atoms with Crippen LogP contribution in [-0.4, -0.2) is 53.9 Å². The van der Waals surface area contributed by atoms with Crippen LogP contribution >= 0.6 is 23.5 Å². The molecule has 1 aromatic carbocycles. The van der Waals surface area contributed by atoms with Gasteiger partial charge in [0.1, 0.15) is 17.3 Å². The highest BCUT2D eigenvalue weighted by atomic mass is 35.5. The summed E-state index contributed by atoms with van der Waals surface area (Å²) in [5, 5.41) is 0.292. The molecule has 3 rings (SSSR count). The molecule has 1 heterocycles. The number of likely N-dealkylation sites (tertiary alicyclic amines) is 1. The molecule has 1 aliphatic carbocycles. The van der Waals surface area contributed by atoms with E-state index in [4.69, 9.17) is 22.1 Å². The first-order valence-electron chi connectivity index (χ1n) is 11.5. The van der Waals surface area contributed by atoms with Crippen molar-refractivity contribution in [1.82, 2.24) is 15.2 Å². The van der Waals surface area contributed by atoms with Gasteiger partial charge in [0.05, 0.1) is 6.04 Å². The van der Waals surface area contributed by atoms with Crippen LogP contribution in [0.1, 0.15) is 36.0 Å². The van der Waals surface area contributed by atoms with Crippen LogP contribution in [0.2, 0.25) is 5.02 Å². The average Bonchev–Trinajstić information content (AvgIpc) is 2.87. The van der Waals surface area contributed by atoms with Gasteiger partial charge in [-0.25, -0.2) is 4.79 Å². The Bertz CT molecular complexity index is 1100. The molecular weight excluding hydrogens is 531 g/mol. The number of amides is 2. The summed E-state index contributed by atoms with van der Waals surface area (Å²) in [6, 6.07) is 5.83. The first kappa shape index (κ1) is 28.6. The maximum Gasteiger partial charge on any atom is 0.430 e. The second-order valence-corrected chi connectivity index (χ2v) is 9.53. The van der Waals surface area contributed by atoms with E-state index in [2.05, 4.69) is 15.2 Å². The quantitative estimate of drug-likeness (QED) is 0.190. The number of piperidine rings is 1. The van der Waals surface area contributed by atoms with Gasteiger partial charge in [0, 0.05) is 23.7 Å². The Labute approximate surface area is 221 Å². The number of aliphatic imine (C=N–C) groups is 1. The van der Waals surface area contributed by atoms with Crippen LogP contribution in [0.15, 0.2) is 64.8 Å². The fourth-order valence-corrected chi connectivity index (χ4v) is 4.33. The van der Waals surface area contributed by atoms with Crippen molar-refractivity contribution in [1.29, 1.82) is 0 Å². The number of hydrogen-bond acceptors (Lipinski definition) is 7. The average molecular weight is 558 g/mol. The predicted octanol–water partition coefficient (Wildman–Crippen LogP) is 4.90. The van der Waals surface area contributed by atoms with E-state index in [0.717, 1.165) is 18.4 Å². The van der Waals surface area contributed by atoms with Crippen LogP contribution in [0.4, 0.5) is 18.0 Å². The monoisotopic (exact) mass is 557 g/mol. The number of allylic oxidation sites excluding steroid dienone is 3.